The van der Waals surface area contributed by atoms with Gasteiger partial charge in [-0.25, -0.2) is 4.79 Å². The zero-order valence-electron chi connectivity index (χ0n) is 14.6. The Morgan fingerprint density at radius 3 is 2.52 bits per heavy atom. The summed E-state index contributed by atoms with van der Waals surface area (Å²) in [4.78, 5) is 26.7. The third kappa shape index (κ3) is 2.13. The number of hydrogen-bond donors (Lipinski definition) is 1. The highest BCUT2D eigenvalue weighted by atomic mass is 16.4. The summed E-state index contributed by atoms with van der Waals surface area (Å²) in [6.45, 7) is 6.44. The maximum Gasteiger partial charge on any atom is 0.336 e. The van der Waals surface area contributed by atoms with Crippen molar-refractivity contribution >= 4 is 11.9 Å². The summed E-state index contributed by atoms with van der Waals surface area (Å²) in [7, 11) is 0. The van der Waals surface area contributed by atoms with Crippen LogP contribution >= 0.6 is 0 Å². The molecule has 0 fully saturated rings. The van der Waals surface area contributed by atoms with Crippen LogP contribution in [0.1, 0.15) is 76.7 Å². The van der Waals surface area contributed by atoms with Crippen molar-refractivity contribution in [2.45, 2.75) is 44.7 Å². The first kappa shape index (κ1) is 15.9. The van der Waals surface area contributed by atoms with Gasteiger partial charge in [-0.3, -0.25) is 4.79 Å². The first-order valence-corrected chi connectivity index (χ1v) is 8.61. The van der Waals surface area contributed by atoms with E-state index in [2.05, 4.69) is 26.0 Å². The van der Waals surface area contributed by atoms with Gasteiger partial charge in [0.15, 0.2) is 0 Å². The third-order valence-electron chi connectivity index (χ3n) is 5.73. The van der Waals surface area contributed by atoms with E-state index >= 15 is 0 Å². The molecule has 0 aliphatic carbocycles. The van der Waals surface area contributed by atoms with Crippen molar-refractivity contribution in [3.8, 4) is 0 Å². The number of fused-ring (bicyclic) bond motifs is 4. The molecule has 2 aliphatic heterocycles. The molecule has 2 aliphatic rings. The number of aromatic carboxylic acids is 1. The fourth-order valence-corrected chi connectivity index (χ4v) is 4.56. The van der Waals surface area contributed by atoms with Crippen LogP contribution in [0.5, 0.6) is 0 Å². The van der Waals surface area contributed by atoms with E-state index in [4.69, 9.17) is 0 Å². The van der Waals surface area contributed by atoms with E-state index in [1.807, 2.05) is 30.0 Å². The van der Waals surface area contributed by atoms with Gasteiger partial charge in [-0.1, -0.05) is 50.2 Å². The molecule has 2 aromatic carbocycles. The molecule has 2 atom stereocenters. The van der Waals surface area contributed by atoms with Crippen molar-refractivity contribution in [2.24, 2.45) is 0 Å². The molecule has 0 spiro atoms. The Morgan fingerprint density at radius 2 is 1.80 bits per heavy atom. The lowest BCUT2D eigenvalue weighted by Gasteiger charge is -2.31. The predicted molar refractivity (Wildman–Crippen MR) is 94.8 cm³/mol. The Morgan fingerprint density at radius 1 is 1.12 bits per heavy atom. The second kappa shape index (κ2) is 5.19. The van der Waals surface area contributed by atoms with Crippen molar-refractivity contribution in [2.75, 3.05) is 0 Å². The smallest absolute Gasteiger partial charge is 0.336 e. The predicted octanol–water partition coefficient (Wildman–Crippen LogP) is 4.32. The Balaban J connectivity index is 1.94. The van der Waals surface area contributed by atoms with Crippen LogP contribution in [0.3, 0.4) is 0 Å². The number of carbonyl (C=O) groups is 2. The fourth-order valence-electron chi connectivity index (χ4n) is 4.56. The molecular formula is C21H21NO3. The molecular weight excluding hydrogens is 314 g/mol. The molecule has 1 N–H and O–H groups in total. The van der Waals surface area contributed by atoms with Gasteiger partial charge in [0.1, 0.15) is 0 Å². The van der Waals surface area contributed by atoms with Gasteiger partial charge in [-0.05, 0) is 41.5 Å². The number of hydrogen-bond acceptors (Lipinski definition) is 2. The van der Waals surface area contributed by atoms with E-state index in [1.54, 1.807) is 6.07 Å². The average molecular weight is 335 g/mol. The van der Waals surface area contributed by atoms with Crippen LogP contribution in [-0.2, 0) is 5.41 Å². The van der Waals surface area contributed by atoms with Gasteiger partial charge < -0.3 is 10.0 Å². The number of nitrogens with zero attached hydrogens (tertiary/aromatic N) is 1. The number of carboxylic acids is 1. The Labute approximate surface area is 147 Å². The van der Waals surface area contributed by atoms with Gasteiger partial charge in [0.05, 0.1) is 23.2 Å². The van der Waals surface area contributed by atoms with Crippen molar-refractivity contribution in [1.29, 1.82) is 0 Å². The van der Waals surface area contributed by atoms with Crippen molar-refractivity contribution in [3.63, 3.8) is 0 Å². The molecule has 0 bridgehead atoms. The monoisotopic (exact) mass is 335 g/mol. The van der Waals surface area contributed by atoms with Crippen LogP contribution in [0, 0.1) is 0 Å². The molecule has 4 rings (SSSR count). The third-order valence-corrected chi connectivity index (χ3v) is 5.73. The maximum atomic E-state index is 13.2. The standard InChI is InChI=1S/C21H21NO3/c1-12-13-7-4-5-10-16(13)21(2,3)11-17-14-8-6-9-15(20(24)25)18(14)19(23)22(12)17/h4-10,12,17H,11H2,1-3H3,(H,24,25). The van der Waals surface area contributed by atoms with E-state index in [-0.39, 0.29) is 29.0 Å². The highest BCUT2D eigenvalue weighted by molar-refractivity contribution is 6.08. The second-order valence-electron chi connectivity index (χ2n) is 7.65. The topological polar surface area (TPSA) is 57.6 Å². The van der Waals surface area contributed by atoms with E-state index in [9.17, 15) is 14.7 Å². The van der Waals surface area contributed by atoms with Crippen LogP contribution in [-0.4, -0.2) is 21.9 Å². The van der Waals surface area contributed by atoms with Gasteiger partial charge in [-0.2, -0.15) is 0 Å². The number of carboxylic acid groups (broad SMARTS) is 1. The van der Waals surface area contributed by atoms with E-state index < -0.39 is 5.97 Å². The van der Waals surface area contributed by atoms with Crippen molar-refractivity contribution < 1.29 is 14.7 Å². The molecule has 2 heterocycles. The molecule has 1 amide bonds. The summed E-state index contributed by atoms with van der Waals surface area (Å²) in [5.74, 6) is -1.21. The molecule has 0 saturated carbocycles. The summed E-state index contributed by atoms with van der Waals surface area (Å²) >= 11 is 0. The quantitative estimate of drug-likeness (QED) is 0.844. The molecule has 2 unspecified atom stereocenters. The van der Waals surface area contributed by atoms with Gasteiger partial charge in [-0.15, -0.1) is 0 Å². The van der Waals surface area contributed by atoms with Gasteiger partial charge in [0, 0.05) is 0 Å². The normalized spacial score (nSPS) is 23.5. The number of benzene rings is 2. The summed E-state index contributed by atoms with van der Waals surface area (Å²) in [6, 6.07) is 13.3. The lowest BCUT2D eigenvalue weighted by molar-refractivity contribution is 0.0615. The Bertz CT molecular complexity index is 900. The number of carbonyl (C=O) groups excluding carboxylic acids is 1. The first-order chi connectivity index (χ1) is 11.8. The molecule has 0 radical (unpaired) electrons. The molecule has 4 heteroatoms. The van der Waals surface area contributed by atoms with Gasteiger partial charge in [0.25, 0.3) is 5.91 Å². The summed E-state index contributed by atoms with van der Waals surface area (Å²) in [5.41, 5.74) is 3.62. The summed E-state index contributed by atoms with van der Waals surface area (Å²) in [6.07, 6.45) is 0.774. The van der Waals surface area contributed by atoms with Crippen molar-refractivity contribution in [1.82, 2.24) is 4.90 Å². The number of rotatable bonds is 1. The fraction of sp³-hybridized carbons (Fsp3) is 0.333. The zero-order valence-corrected chi connectivity index (χ0v) is 14.6. The molecule has 0 aromatic heterocycles. The van der Waals surface area contributed by atoms with Crippen molar-refractivity contribution in [3.05, 3.63) is 70.3 Å². The van der Waals surface area contributed by atoms with Gasteiger partial charge >= 0.3 is 5.97 Å². The highest BCUT2D eigenvalue weighted by Crippen LogP contribution is 2.51. The van der Waals surface area contributed by atoms with Crippen LogP contribution in [0.25, 0.3) is 0 Å². The summed E-state index contributed by atoms with van der Waals surface area (Å²) in [5, 5.41) is 9.51. The second-order valence-corrected chi connectivity index (χ2v) is 7.65. The number of amides is 1. The first-order valence-electron chi connectivity index (χ1n) is 8.61. The van der Waals surface area contributed by atoms with Crippen LogP contribution in [0.4, 0.5) is 0 Å². The average Bonchev–Trinajstić information content (AvgIpc) is 2.81. The van der Waals surface area contributed by atoms with Crippen LogP contribution < -0.4 is 0 Å². The summed E-state index contributed by atoms with van der Waals surface area (Å²) < 4.78 is 0. The Hall–Kier alpha value is -2.62. The lowest BCUT2D eigenvalue weighted by Crippen LogP contribution is -2.31. The minimum Gasteiger partial charge on any atom is -0.478 e. The minimum atomic E-state index is -1.05. The van der Waals surface area contributed by atoms with E-state index in [1.165, 1.54) is 11.6 Å². The molecule has 2 aromatic rings. The largest absolute Gasteiger partial charge is 0.478 e. The SMILES string of the molecule is CC1c2ccccc2C(C)(C)CC2c3cccc(C(=O)O)c3C(=O)N12. The zero-order chi connectivity index (χ0) is 17.9. The molecule has 25 heavy (non-hydrogen) atoms. The highest BCUT2D eigenvalue weighted by Gasteiger charge is 2.47. The Kier molecular flexibility index (Phi) is 3.29. The van der Waals surface area contributed by atoms with Gasteiger partial charge in [0.2, 0.25) is 0 Å². The van der Waals surface area contributed by atoms with E-state index in [0.29, 0.717) is 5.56 Å². The molecule has 128 valence electrons. The maximum absolute atomic E-state index is 13.2. The van der Waals surface area contributed by atoms with Crippen LogP contribution in [0.15, 0.2) is 42.5 Å². The van der Waals surface area contributed by atoms with Crippen LogP contribution in [0.2, 0.25) is 0 Å². The molecule has 4 nitrogen and oxygen atoms in total. The molecule has 0 saturated heterocycles. The minimum absolute atomic E-state index is 0.0930. The lowest BCUT2D eigenvalue weighted by atomic mass is 9.76. The van der Waals surface area contributed by atoms with E-state index in [0.717, 1.165) is 17.5 Å².